The molecule has 2 aromatic carbocycles. The van der Waals surface area contributed by atoms with Crippen molar-refractivity contribution in [1.29, 1.82) is 0 Å². The molecule has 0 radical (unpaired) electrons. The number of carboxylic acid groups (broad SMARTS) is 1. The standard InChI is InChI=1S/C19H18F5NO2/c1-8-4-5-12(19(22,23)24)10(3)15(8)11-6-9(2)17(20)16(18(11)21)13(25)7-14(26)27/h4-6,13H,7,25H2,1-3H3,(H,26,27). The Morgan fingerprint density at radius 1 is 1.11 bits per heavy atom. The van der Waals surface area contributed by atoms with E-state index in [2.05, 4.69) is 0 Å². The van der Waals surface area contributed by atoms with Gasteiger partial charge < -0.3 is 10.8 Å². The number of halogens is 5. The molecule has 0 aliphatic heterocycles. The quantitative estimate of drug-likeness (QED) is 0.722. The number of aliphatic carboxylic acids is 1. The Kier molecular flexibility index (Phi) is 5.60. The molecule has 2 rings (SSSR count). The summed E-state index contributed by atoms with van der Waals surface area (Å²) in [4.78, 5) is 10.9. The van der Waals surface area contributed by atoms with E-state index in [1.54, 1.807) is 0 Å². The van der Waals surface area contributed by atoms with E-state index in [-0.39, 0.29) is 22.3 Å². The van der Waals surface area contributed by atoms with Gasteiger partial charge in [-0.1, -0.05) is 6.07 Å². The van der Waals surface area contributed by atoms with E-state index in [9.17, 15) is 22.4 Å². The highest BCUT2D eigenvalue weighted by molar-refractivity contribution is 5.75. The zero-order valence-corrected chi connectivity index (χ0v) is 14.8. The predicted molar refractivity (Wildman–Crippen MR) is 90.2 cm³/mol. The van der Waals surface area contributed by atoms with Gasteiger partial charge >= 0.3 is 12.1 Å². The van der Waals surface area contributed by atoms with Crippen LogP contribution in [0.5, 0.6) is 0 Å². The first-order chi connectivity index (χ1) is 12.4. The molecule has 0 saturated carbocycles. The Morgan fingerprint density at radius 3 is 2.22 bits per heavy atom. The third-order valence-corrected chi connectivity index (χ3v) is 4.43. The Balaban J connectivity index is 2.82. The fraction of sp³-hybridized carbons (Fsp3) is 0.316. The summed E-state index contributed by atoms with van der Waals surface area (Å²) in [5.41, 5.74) is 3.92. The molecule has 0 aliphatic rings. The number of nitrogens with two attached hydrogens (primary N) is 1. The summed E-state index contributed by atoms with van der Waals surface area (Å²) in [7, 11) is 0. The lowest BCUT2D eigenvalue weighted by Crippen LogP contribution is -2.19. The fourth-order valence-corrected chi connectivity index (χ4v) is 3.16. The molecule has 0 heterocycles. The highest BCUT2D eigenvalue weighted by Crippen LogP contribution is 2.40. The van der Waals surface area contributed by atoms with Crippen LogP contribution in [0.2, 0.25) is 0 Å². The van der Waals surface area contributed by atoms with Crippen molar-refractivity contribution in [3.05, 3.63) is 57.7 Å². The van der Waals surface area contributed by atoms with E-state index in [1.165, 1.54) is 26.8 Å². The van der Waals surface area contributed by atoms with Crippen LogP contribution in [0, 0.1) is 32.4 Å². The molecule has 1 unspecified atom stereocenters. The second-order valence-electron chi connectivity index (χ2n) is 6.41. The first-order valence-electron chi connectivity index (χ1n) is 7.99. The lowest BCUT2D eigenvalue weighted by Gasteiger charge is -2.21. The fourth-order valence-electron chi connectivity index (χ4n) is 3.16. The highest BCUT2D eigenvalue weighted by atomic mass is 19.4. The number of hydrogen-bond donors (Lipinski definition) is 2. The van der Waals surface area contributed by atoms with Crippen molar-refractivity contribution in [1.82, 2.24) is 0 Å². The van der Waals surface area contributed by atoms with E-state index < -0.39 is 47.4 Å². The van der Waals surface area contributed by atoms with Crippen molar-refractivity contribution >= 4 is 5.97 Å². The summed E-state index contributed by atoms with van der Waals surface area (Å²) in [6, 6.07) is 1.74. The molecule has 0 aliphatic carbocycles. The van der Waals surface area contributed by atoms with Gasteiger partial charge in [0.2, 0.25) is 0 Å². The topological polar surface area (TPSA) is 63.3 Å². The van der Waals surface area contributed by atoms with Crippen LogP contribution in [0.4, 0.5) is 22.0 Å². The molecular formula is C19H18F5NO2. The van der Waals surface area contributed by atoms with E-state index in [1.807, 2.05) is 0 Å². The van der Waals surface area contributed by atoms with Crippen molar-refractivity contribution in [2.45, 2.75) is 39.4 Å². The van der Waals surface area contributed by atoms with Crippen molar-refractivity contribution in [2.75, 3.05) is 0 Å². The number of carbonyl (C=O) groups is 1. The molecular weight excluding hydrogens is 369 g/mol. The number of alkyl halides is 3. The third-order valence-electron chi connectivity index (χ3n) is 4.43. The first kappa shape index (κ1) is 20.8. The second kappa shape index (κ2) is 7.26. The Hall–Kier alpha value is -2.48. The zero-order valence-electron chi connectivity index (χ0n) is 14.8. The predicted octanol–water partition coefficient (Wildman–Crippen LogP) is 5.05. The molecule has 0 spiro atoms. The maximum Gasteiger partial charge on any atom is 0.416 e. The summed E-state index contributed by atoms with van der Waals surface area (Å²) in [6.07, 6.45) is -5.36. The van der Waals surface area contributed by atoms with Gasteiger partial charge in [-0.2, -0.15) is 13.2 Å². The van der Waals surface area contributed by atoms with Crippen LogP contribution in [-0.2, 0) is 11.0 Å². The second-order valence-corrected chi connectivity index (χ2v) is 6.41. The number of aryl methyl sites for hydroxylation is 2. The van der Waals surface area contributed by atoms with E-state index >= 15 is 4.39 Å². The lowest BCUT2D eigenvalue weighted by molar-refractivity contribution is -0.138. The molecule has 0 aromatic heterocycles. The zero-order chi connectivity index (χ0) is 20.7. The SMILES string of the molecule is Cc1cc(-c2c(C)ccc(C(F)(F)F)c2C)c(F)c(C(N)CC(=O)O)c1F. The summed E-state index contributed by atoms with van der Waals surface area (Å²) >= 11 is 0. The summed E-state index contributed by atoms with van der Waals surface area (Å²) in [5.74, 6) is -3.51. The van der Waals surface area contributed by atoms with Gasteiger partial charge in [0.1, 0.15) is 11.6 Å². The monoisotopic (exact) mass is 387 g/mol. The molecule has 27 heavy (non-hydrogen) atoms. The Bertz CT molecular complexity index is 906. The van der Waals surface area contributed by atoms with Gasteiger partial charge in [-0.25, -0.2) is 8.78 Å². The minimum absolute atomic E-state index is 0.0193. The average molecular weight is 387 g/mol. The Morgan fingerprint density at radius 2 is 1.70 bits per heavy atom. The summed E-state index contributed by atoms with van der Waals surface area (Å²) in [5, 5.41) is 8.85. The molecule has 3 nitrogen and oxygen atoms in total. The van der Waals surface area contributed by atoms with Crippen molar-refractivity contribution < 1.29 is 31.9 Å². The maximum atomic E-state index is 15.1. The van der Waals surface area contributed by atoms with Crippen LogP contribution in [0.3, 0.4) is 0 Å². The lowest BCUT2D eigenvalue weighted by atomic mass is 9.88. The van der Waals surface area contributed by atoms with Gasteiger partial charge in [0.25, 0.3) is 0 Å². The smallest absolute Gasteiger partial charge is 0.416 e. The minimum atomic E-state index is -4.64. The highest BCUT2D eigenvalue weighted by Gasteiger charge is 2.34. The number of benzene rings is 2. The van der Waals surface area contributed by atoms with E-state index in [0.29, 0.717) is 5.56 Å². The van der Waals surface area contributed by atoms with Gasteiger partial charge in [0, 0.05) is 17.2 Å². The molecule has 1 atom stereocenters. The minimum Gasteiger partial charge on any atom is -0.481 e. The molecule has 3 N–H and O–H groups in total. The molecule has 0 saturated heterocycles. The van der Waals surface area contributed by atoms with E-state index in [0.717, 1.165) is 12.1 Å². The maximum absolute atomic E-state index is 15.1. The molecule has 8 heteroatoms. The van der Waals surface area contributed by atoms with Gasteiger partial charge in [-0.15, -0.1) is 0 Å². The molecule has 146 valence electrons. The van der Waals surface area contributed by atoms with Crippen LogP contribution in [0.1, 0.15) is 40.3 Å². The van der Waals surface area contributed by atoms with Crippen LogP contribution >= 0.6 is 0 Å². The number of carboxylic acids is 1. The Labute approximate surface area is 152 Å². The van der Waals surface area contributed by atoms with Gasteiger partial charge in [-0.05, 0) is 55.2 Å². The van der Waals surface area contributed by atoms with Crippen molar-refractivity contribution in [3.8, 4) is 11.1 Å². The number of hydrogen-bond acceptors (Lipinski definition) is 2. The normalized spacial score (nSPS) is 12.9. The number of rotatable bonds is 4. The molecule has 0 bridgehead atoms. The van der Waals surface area contributed by atoms with Crippen molar-refractivity contribution in [3.63, 3.8) is 0 Å². The third kappa shape index (κ3) is 3.95. The molecule has 0 amide bonds. The van der Waals surface area contributed by atoms with Crippen LogP contribution < -0.4 is 5.73 Å². The molecule has 2 aromatic rings. The summed E-state index contributed by atoms with van der Waals surface area (Å²) in [6.45, 7) is 4.03. The van der Waals surface area contributed by atoms with Gasteiger partial charge in [0.15, 0.2) is 0 Å². The van der Waals surface area contributed by atoms with E-state index in [4.69, 9.17) is 10.8 Å². The summed E-state index contributed by atoms with van der Waals surface area (Å²) < 4.78 is 69.2. The first-order valence-corrected chi connectivity index (χ1v) is 7.99. The molecule has 0 fully saturated rings. The van der Waals surface area contributed by atoms with Crippen molar-refractivity contribution in [2.24, 2.45) is 5.73 Å². The van der Waals surface area contributed by atoms with Crippen LogP contribution in [-0.4, -0.2) is 11.1 Å². The van der Waals surface area contributed by atoms with Crippen LogP contribution in [0.15, 0.2) is 18.2 Å². The van der Waals surface area contributed by atoms with Crippen LogP contribution in [0.25, 0.3) is 11.1 Å². The van der Waals surface area contributed by atoms with Gasteiger partial charge in [0.05, 0.1) is 12.0 Å². The largest absolute Gasteiger partial charge is 0.481 e. The van der Waals surface area contributed by atoms with Gasteiger partial charge in [-0.3, -0.25) is 4.79 Å². The average Bonchev–Trinajstić information content (AvgIpc) is 2.50.